The van der Waals surface area contributed by atoms with Gasteiger partial charge >= 0.3 is 11.9 Å². The number of piperazine rings is 1. The minimum Gasteiger partial charge on any atom is -0.478 e. The van der Waals surface area contributed by atoms with Crippen LogP contribution in [0, 0.1) is 17.8 Å². The average molecular weight is 510 g/mol. The molecule has 1 saturated heterocycles. The minimum absolute atomic E-state index is 0.363. The number of hydrogen-bond acceptors (Lipinski definition) is 6. The number of likely N-dealkylation sites (N-methyl/N-ethyl adjacent to an activating group) is 1. The van der Waals surface area contributed by atoms with Crippen molar-refractivity contribution >= 4 is 29.1 Å². The van der Waals surface area contributed by atoms with Crippen LogP contribution in [0.25, 0.3) is 11.1 Å². The highest BCUT2D eigenvalue weighted by atomic mass is 32.1. The lowest BCUT2D eigenvalue weighted by atomic mass is 9.48. The molecule has 0 unspecified atom stereocenters. The van der Waals surface area contributed by atoms with E-state index >= 15 is 0 Å². The zero-order valence-corrected chi connectivity index (χ0v) is 21.6. The lowest BCUT2D eigenvalue weighted by molar-refractivity contribution is -0.134. The van der Waals surface area contributed by atoms with Crippen LogP contribution in [0.5, 0.6) is 0 Å². The van der Waals surface area contributed by atoms with Gasteiger partial charge < -0.3 is 20.0 Å². The van der Waals surface area contributed by atoms with Crippen molar-refractivity contribution in [3.63, 3.8) is 0 Å². The fraction of sp³-hybridized carbons (Fsp3) is 0.536. The van der Waals surface area contributed by atoms with Gasteiger partial charge in [0.2, 0.25) is 0 Å². The second-order valence-electron chi connectivity index (χ2n) is 11.1. The summed E-state index contributed by atoms with van der Waals surface area (Å²) in [6.07, 6.45) is 9.77. The molecule has 4 aliphatic carbocycles. The van der Waals surface area contributed by atoms with E-state index in [-0.39, 0.29) is 0 Å². The highest BCUT2D eigenvalue weighted by Gasteiger charge is 2.52. The molecule has 0 atom stereocenters. The summed E-state index contributed by atoms with van der Waals surface area (Å²) >= 11 is 1.80. The molecule has 2 aromatic rings. The van der Waals surface area contributed by atoms with Gasteiger partial charge in [0.05, 0.1) is 0 Å². The number of rotatable bonds is 5. The molecule has 0 spiro atoms. The van der Waals surface area contributed by atoms with Crippen molar-refractivity contribution in [2.45, 2.75) is 43.9 Å². The summed E-state index contributed by atoms with van der Waals surface area (Å²) in [7, 11) is 2.23. The number of carboxylic acid groups (broad SMARTS) is 2. The molecular formula is C28H35N3O4S. The van der Waals surface area contributed by atoms with Gasteiger partial charge in [-0.2, -0.15) is 11.3 Å². The third-order valence-corrected chi connectivity index (χ3v) is 9.13. The Hall–Kier alpha value is -2.71. The highest BCUT2D eigenvalue weighted by molar-refractivity contribution is 7.08. The monoisotopic (exact) mass is 509 g/mol. The second kappa shape index (κ2) is 10.3. The van der Waals surface area contributed by atoms with E-state index in [2.05, 4.69) is 45.8 Å². The van der Waals surface area contributed by atoms with Crippen molar-refractivity contribution in [2.24, 2.45) is 17.8 Å². The van der Waals surface area contributed by atoms with Gasteiger partial charge in [-0.3, -0.25) is 0 Å². The van der Waals surface area contributed by atoms with E-state index in [1.165, 1.54) is 61.2 Å². The third-order valence-electron chi connectivity index (χ3n) is 8.44. The predicted molar refractivity (Wildman–Crippen MR) is 142 cm³/mol. The summed E-state index contributed by atoms with van der Waals surface area (Å²) in [6.45, 7) is 4.46. The topological polar surface area (TPSA) is 94.0 Å². The molecule has 192 valence electrons. The zero-order chi connectivity index (χ0) is 25.3. The Balaban J connectivity index is 0.000000292. The van der Waals surface area contributed by atoms with Crippen LogP contribution in [-0.4, -0.2) is 65.3 Å². The van der Waals surface area contributed by atoms with Crippen LogP contribution in [0.2, 0.25) is 0 Å². The Labute approximate surface area is 216 Å². The smallest absolute Gasteiger partial charge is 0.328 e. The Morgan fingerprint density at radius 1 is 0.944 bits per heavy atom. The maximum Gasteiger partial charge on any atom is 0.328 e. The van der Waals surface area contributed by atoms with Crippen molar-refractivity contribution in [1.82, 2.24) is 9.88 Å². The number of hydrogen-bond donors (Lipinski definition) is 2. The van der Waals surface area contributed by atoms with Crippen LogP contribution in [-0.2, 0) is 15.0 Å². The molecule has 5 aliphatic rings. The van der Waals surface area contributed by atoms with Gasteiger partial charge in [0.25, 0.3) is 0 Å². The largest absolute Gasteiger partial charge is 0.478 e. The van der Waals surface area contributed by atoms with E-state index in [4.69, 9.17) is 15.2 Å². The Morgan fingerprint density at radius 2 is 1.53 bits per heavy atom. The van der Waals surface area contributed by atoms with Crippen molar-refractivity contribution in [2.75, 3.05) is 38.1 Å². The first kappa shape index (κ1) is 25.0. The molecule has 4 bridgehead atoms. The number of anilines is 1. The number of aliphatic carboxylic acids is 2. The van der Waals surface area contributed by atoms with Crippen LogP contribution in [0.1, 0.15) is 44.2 Å². The number of carbonyl (C=O) groups is 2. The summed E-state index contributed by atoms with van der Waals surface area (Å²) in [4.78, 5) is 29.5. The highest BCUT2D eigenvalue weighted by Crippen LogP contribution is 2.60. The average Bonchev–Trinajstić information content (AvgIpc) is 3.38. The van der Waals surface area contributed by atoms with Crippen molar-refractivity contribution in [3.8, 4) is 11.1 Å². The van der Waals surface area contributed by atoms with Gasteiger partial charge in [-0.25, -0.2) is 14.6 Å². The fourth-order valence-electron chi connectivity index (χ4n) is 7.15. The van der Waals surface area contributed by atoms with Crippen LogP contribution in [0.3, 0.4) is 0 Å². The van der Waals surface area contributed by atoms with Crippen molar-refractivity contribution in [1.29, 1.82) is 0 Å². The number of pyridine rings is 1. The Bertz CT molecular complexity index is 1070. The Kier molecular flexibility index (Phi) is 7.17. The molecule has 3 heterocycles. The lowest BCUT2D eigenvalue weighted by Crippen LogP contribution is -2.49. The number of aromatic nitrogens is 1. The maximum absolute atomic E-state index is 9.55. The van der Waals surface area contributed by atoms with Gasteiger partial charge in [0, 0.05) is 49.4 Å². The molecule has 0 aromatic carbocycles. The molecule has 2 aromatic heterocycles. The molecule has 1 aliphatic heterocycles. The van der Waals surface area contributed by atoms with Crippen LogP contribution < -0.4 is 4.90 Å². The van der Waals surface area contributed by atoms with Crippen LogP contribution in [0.4, 0.5) is 5.82 Å². The quantitative estimate of drug-likeness (QED) is 0.562. The number of carboxylic acids is 2. The van der Waals surface area contributed by atoms with Gasteiger partial charge in [-0.1, -0.05) is 0 Å². The summed E-state index contributed by atoms with van der Waals surface area (Å²) in [5, 5.41) is 20.1. The molecule has 7 nitrogen and oxygen atoms in total. The van der Waals surface area contributed by atoms with Gasteiger partial charge in [0.15, 0.2) is 0 Å². The molecule has 4 saturated carbocycles. The normalized spacial score (nSPS) is 29.2. The SMILES string of the molecule is CN1CCN(c2cc(-c3ccsc3)cc(C34CC5CC(CC(C5)C3)C4)n2)CC1.O=C(O)C=CC(=O)O. The van der Waals surface area contributed by atoms with E-state index < -0.39 is 11.9 Å². The molecule has 0 amide bonds. The zero-order valence-electron chi connectivity index (χ0n) is 20.8. The molecule has 5 fully saturated rings. The van der Waals surface area contributed by atoms with E-state index in [1.54, 1.807) is 11.3 Å². The first-order valence-corrected chi connectivity index (χ1v) is 13.9. The summed E-state index contributed by atoms with van der Waals surface area (Å²) in [5.41, 5.74) is 4.54. The first-order valence-electron chi connectivity index (χ1n) is 12.9. The lowest BCUT2D eigenvalue weighted by Gasteiger charge is -2.56. The molecule has 36 heavy (non-hydrogen) atoms. The van der Waals surface area contributed by atoms with E-state index in [9.17, 15) is 9.59 Å². The van der Waals surface area contributed by atoms with Crippen LogP contribution in [0.15, 0.2) is 41.1 Å². The van der Waals surface area contributed by atoms with E-state index in [1.807, 2.05) is 0 Å². The van der Waals surface area contributed by atoms with Gasteiger partial charge in [-0.15, -0.1) is 0 Å². The van der Waals surface area contributed by atoms with E-state index in [0.717, 1.165) is 43.9 Å². The van der Waals surface area contributed by atoms with Crippen molar-refractivity contribution < 1.29 is 19.8 Å². The molecular weight excluding hydrogens is 474 g/mol. The molecule has 8 heteroatoms. The summed E-state index contributed by atoms with van der Waals surface area (Å²) < 4.78 is 0. The summed E-state index contributed by atoms with van der Waals surface area (Å²) in [6, 6.07) is 7.10. The van der Waals surface area contributed by atoms with Crippen molar-refractivity contribution in [3.05, 3.63) is 46.8 Å². The predicted octanol–water partition coefficient (Wildman–Crippen LogP) is 4.74. The van der Waals surface area contributed by atoms with E-state index in [0.29, 0.717) is 17.6 Å². The van der Waals surface area contributed by atoms with Crippen LogP contribution >= 0.6 is 11.3 Å². The van der Waals surface area contributed by atoms with Gasteiger partial charge in [-0.05, 0) is 103 Å². The maximum atomic E-state index is 9.55. The van der Waals surface area contributed by atoms with Gasteiger partial charge in [0.1, 0.15) is 5.82 Å². The molecule has 7 rings (SSSR count). The standard InChI is InChI=1S/C24H31N3S.C4H4O4/c1-26-3-5-27(6-4-26)23-12-21(20-2-7-28-16-20)11-22(25-23)24-13-17-8-18(14-24)10-19(9-17)15-24;5-3(6)1-2-4(7)8/h2,7,11-12,16-19H,3-6,8-10,13-15H2,1H3;1-2H,(H,5,6)(H,7,8). The molecule has 0 radical (unpaired) electrons. The Morgan fingerprint density at radius 3 is 2.03 bits per heavy atom. The molecule has 2 N–H and O–H groups in total. The fourth-order valence-corrected chi connectivity index (χ4v) is 7.81. The summed E-state index contributed by atoms with van der Waals surface area (Å²) in [5.74, 6) is 1.60. The number of thiophene rings is 1. The number of nitrogens with zero attached hydrogens (tertiary/aromatic N) is 3. The third kappa shape index (κ3) is 5.49. The second-order valence-corrected chi connectivity index (χ2v) is 11.9. The first-order chi connectivity index (χ1) is 17.3. The minimum atomic E-state index is -1.26.